The summed E-state index contributed by atoms with van der Waals surface area (Å²) in [5.41, 5.74) is 3.76. The normalized spacial score (nSPS) is 15.1. The number of hydrogen-bond donors (Lipinski definition) is 1. The third kappa shape index (κ3) is 7.76. The predicted molar refractivity (Wildman–Crippen MR) is 116 cm³/mol. The summed E-state index contributed by atoms with van der Waals surface area (Å²) in [6.45, 7) is 15.0. The van der Waals surface area contributed by atoms with Crippen molar-refractivity contribution in [1.82, 2.24) is 5.32 Å². The summed E-state index contributed by atoms with van der Waals surface area (Å²) in [6, 6.07) is 6.70. The minimum absolute atomic E-state index is 0.374. The molecule has 0 saturated carbocycles. The van der Waals surface area contributed by atoms with Gasteiger partial charge in [0.15, 0.2) is 0 Å². The lowest BCUT2D eigenvalue weighted by molar-refractivity contribution is 0.355. The Hall–Kier alpha value is -2.24. The number of allylic oxidation sites excluding steroid dienone is 3. The van der Waals surface area contributed by atoms with Gasteiger partial charge in [-0.3, -0.25) is 5.32 Å². The van der Waals surface area contributed by atoms with Crippen molar-refractivity contribution in [2.75, 3.05) is 13.2 Å². The molecule has 1 aromatic rings. The van der Waals surface area contributed by atoms with Crippen LogP contribution in [0.4, 0.5) is 0 Å². The molecule has 1 aromatic carbocycles. The highest BCUT2D eigenvalue weighted by Gasteiger charge is 2.21. The quantitative estimate of drug-likeness (QED) is 0.478. The maximum atomic E-state index is 5.87. The highest BCUT2D eigenvalue weighted by atomic mass is 16.5. The van der Waals surface area contributed by atoms with Crippen LogP contribution >= 0.6 is 0 Å². The largest absolute Gasteiger partial charge is 0.489 e. The molecule has 0 aromatic heterocycles. The molecule has 1 unspecified atom stereocenters. The van der Waals surface area contributed by atoms with Gasteiger partial charge in [0.2, 0.25) is 0 Å². The number of hydrogen-bond acceptors (Lipinski definition) is 2. The lowest BCUT2D eigenvalue weighted by Crippen LogP contribution is -2.19. The van der Waals surface area contributed by atoms with Crippen LogP contribution in [0.15, 0.2) is 54.7 Å². The lowest BCUT2D eigenvalue weighted by atomic mass is 10.1. The van der Waals surface area contributed by atoms with Crippen LogP contribution in [0.1, 0.15) is 58.2 Å². The van der Waals surface area contributed by atoms with Gasteiger partial charge < -0.3 is 4.74 Å². The summed E-state index contributed by atoms with van der Waals surface area (Å²) in [7, 11) is 0. The van der Waals surface area contributed by atoms with Crippen LogP contribution in [0.5, 0.6) is 5.75 Å². The molecule has 2 heteroatoms. The molecule has 1 atom stereocenters. The number of nitrogens with one attached hydrogen (secondary N) is 1. The van der Waals surface area contributed by atoms with Gasteiger partial charge in [-0.25, -0.2) is 0 Å². The Morgan fingerprint density at radius 1 is 1.35 bits per heavy atom. The smallest absolute Gasteiger partial charge is 0.120 e. The minimum Gasteiger partial charge on any atom is -0.489 e. The zero-order valence-corrected chi connectivity index (χ0v) is 17.1. The van der Waals surface area contributed by atoms with E-state index in [1.54, 1.807) is 0 Å². The van der Waals surface area contributed by atoms with Gasteiger partial charge in [0.25, 0.3) is 0 Å². The highest BCUT2D eigenvalue weighted by Crippen LogP contribution is 2.33. The predicted octanol–water partition coefficient (Wildman–Crippen LogP) is 6.02. The molecule has 142 valence electrons. The molecule has 1 aliphatic rings. The van der Waals surface area contributed by atoms with Crippen LogP contribution in [0, 0.1) is 12.3 Å². The molecule has 1 N–H and O–H groups in total. The Bertz CT molecular complexity index is 620. The molecule has 0 radical (unpaired) electrons. The number of aryl methyl sites for hydroxylation is 1. The Morgan fingerprint density at radius 3 is 2.69 bits per heavy atom. The second-order valence-corrected chi connectivity index (χ2v) is 5.30. The van der Waals surface area contributed by atoms with E-state index in [-0.39, 0.29) is 0 Å². The Balaban J connectivity index is 0.00000146. The molecule has 0 fully saturated rings. The van der Waals surface area contributed by atoms with Crippen molar-refractivity contribution in [2.24, 2.45) is 0 Å². The zero-order chi connectivity index (χ0) is 19.8. The molecule has 0 saturated heterocycles. The first-order valence-corrected chi connectivity index (χ1v) is 9.65. The van der Waals surface area contributed by atoms with Crippen molar-refractivity contribution in [3.63, 3.8) is 0 Å². The second kappa shape index (κ2) is 15.0. The molecule has 2 nitrogen and oxygen atoms in total. The van der Waals surface area contributed by atoms with E-state index in [0.29, 0.717) is 19.2 Å². The van der Waals surface area contributed by atoms with E-state index < -0.39 is 0 Å². The molecule has 0 heterocycles. The monoisotopic (exact) mass is 353 g/mol. The molecule has 0 bridgehead atoms. The summed E-state index contributed by atoms with van der Waals surface area (Å²) >= 11 is 0. The van der Waals surface area contributed by atoms with E-state index in [4.69, 9.17) is 11.2 Å². The van der Waals surface area contributed by atoms with Crippen molar-refractivity contribution in [3.8, 4) is 18.1 Å². The molecule has 0 amide bonds. The van der Waals surface area contributed by atoms with Crippen molar-refractivity contribution in [3.05, 3.63) is 65.8 Å². The van der Waals surface area contributed by atoms with Gasteiger partial charge in [0, 0.05) is 6.04 Å². The van der Waals surface area contributed by atoms with Gasteiger partial charge in [-0.1, -0.05) is 70.6 Å². The first-order valence-electron chi connectivity index (χ1n) is 9.65. The Labute approximate surface area is 161 Å². The molecule has 0 spiro atoms. The highest BCUT2D eigenvalue weighted by molar-refractivity contribution is 5.41. The van der Waals surface area contributed by atoms with Gasteiger partial charge in [-0.15, -0.1) is 6.42 Å². The SMILES string of the molecule is C#CCNC1CCc2cc(OC/C(C=C)=C/C=C\C)ccc21.CC.CC. The first kappa shape index (κ1) is 23.8. The van der Waals surface area contributed by atoms with Crippen LogP contribution in [0.25, 0.3) is 0 Å². The summed E-state index contributed by atoms with van der Waals surface area (Å²) in [5, 5.41) is 3.38. The second-order valence-electron chi connectivity index (χ2n) is 5.30. The molecule has 0 aliphatic heterocycles. The van der Waals surface area contributed by atoms with E-state index in [1.807, 2.05) is 65.0 Å². The van der Waals surface area contributed by atoms with E-state index in [1.165, 1.54) is 11.1 Å². The van der Waals surface area contributed by atoms with E-state index in [9.17, 15) is 0 Å². The van der Waals surface area contributed by atoms with Crippen molar-refractivity contribution >= 4 is 0 Å². The van der Waals surface area contributed by atoms with Gasteiger partial charge in [-0.2, -0.15) is 0 Å². The van der Waals surface area contributed by atoms with Crippen LogP contribution < -0.4 is 10.1 Å². The Morgan fingerprint density at radius 2 is 2.08 bits per heavy atom. The number of rotatable bonds is 7. The number of terminal acetylenes is 1. The van der Waals surface area contributed by atoms with E-state index in [0.717, 1.165) is 24.2 Å². The molecule has 26 heavy (non-hydrogen) atoms. The summed E-state index contributed by atoms with van der Waals surface area (Å²) < 4.78 is 5.87. The number of benzene rings is 1. The summed E-state index contributed by atoms with van der Waals surface area (Å²) in [4.78, 5) is 0. The fourth-order valence-electron chi connectivity index (χ4n) is 2.64. The van der Waals surface area contributed by atoms with Crippen molar-refractivity contribution < 1.29 is 4.74 Å². The van der Waals surface area contributed by atoms with Gasteiger partial charge in [0.05, 0.1) is 6.54 Å². The minimum atomic E-state index is 0.374. The lowest BCUT2D eigenvalue weighted by Gasteiger charge is -2.13. The number of fused-ring (bicyclic) bond motifs is 1. The topological polar surface area (TPSA) is 21.3 Å². The average molecular weight is 354 g/mol. The summed E-state index contributed by atoms with van der Waals surface area (Å²) in [6.07, 6.45) is 15.3. The van der Waals surface area contributed by atoms with Crippen LogP contribution in [0.3, 0.4) is 0 Å². The first-order chi connectivity index (χ1) is 12.8. The van der Waals surface area contributed by atoms with Gasteiger partial charge >= 0.3 is 0 Å². The zero-order valence-electron chi connectivity index (χ0n) is 17.1. The average Bonchev–Trinajstić information content (AvgIpc) is 3.12. The maximum Gasteiger partial charge on any atom is 0.120 e. The fraction of sp³-hybridized carbons (Fsp3) is 0.417. The molecule has 1 aliphatic carbocycles. The molecular weight excluding hydrogens is 318 g/mol. The third-order valence-corrected chi connectivity index (χ3v) is 3.81. The van der Waals surface area contributed by atoms with Gasteiger partial charge in [0.1, 0.15) is 12.4 Å². The molecule has 2 rings (SSSR count). The fourth-order valence-corrected chi connectivity index (χ4v) is 2.64. The van der Waals surface area contributed by atoms with Crippen LogP contribution in [-0.2, 0) is 6.42 Å². The maximum absolute atomic E-state index is 5.87. The van der Waals surface area contributed by atoms with E-state index in [2.05, 4.69) is 29.9 Å². The Kier molecular flexibility index (Phi) is 13.8. The van der Waals surface area contributed by atoms with Crippen molar-refractivity contribution in [2.45, 2.75) is 53.5 Å². The van der Waals surface area contributed by atoms with E-state index >= 15 is 0 Å². The number of ether oxygens (including phenoxy) is 1. The van der Waals surface area contributed by atoms with Crippen LogP contribution in [-0.4, -0.2) is 13.2 Å². The third-order valence-electron chi connectivity index (χ3n) is 3.81. The summed E-state index contributed by atoms with van der Waals surface area (Å²) in [5.74, 6) is 3.54. The van der Waals surface area contributed by atoms with Crippen molar-refractivity contribution in [1.29, 1.82) is 0 Å². The standard InChI is InChI=1S/C20H23NO.2C2H6/c1-4-7-8-16(6-3)15-22-18-10-11-19-17(14-18)9-12-20(19)21-13-5-2;2*1-2/h2,4,6-8,10-11,14,20-21H,3,9,12-13,15H2,1H3;2*1-2H3/b7-4-,16-8+;;. The van der Waals surface area contributed by atoms with Gasteiger partial charge in [-0.05, 0) is 48.6 Å². The molecular formula is C24H35NO. The van der Waals surface area contributed by atoms with Crippen LogP contribution in [0.2, 0.25) is 0 Å².